The second-order valence-electron chi connectivity index (χ2n) is 4.30. The zero-order chi connectivity index (χ0) is 15.5. The zero-order valence-electron chi connectivity index (χ0n) is 11.3. The Morgan fingerprint density at radius 2 is 1.67 bits per heavy atom. The topological polar surface area (TPSA) is 101 Å². The summed E-state index contributed by atoms with van der Waals surface area (Å²) in [6.45, 7) is 0. The minimum absolute atomic E-state index is 0.0541. The first-order valence-corrected chi connectivity index (χ1v) is 7.62. The number of nitrogen functional groups attached to an aromatic ring is 1. The van der Waals surface area contributed by atoms with Gasteiger partial charge in [-0.2, -0.15) is 0 Å². The van der Waals surface area contributed by atoms with Gasteiger partial charge >= 0.3 is 0 Å². The third kappa shape index (κ3) is 3.32. The van der Waals surface area contributed by atoms with E-state index in [0.29, 0.717) is 16.9 Å². The number of sulfonamides is 1. The lowest BCUT2D eigenvalue weighted by atomic mass is 10.2. The van der Waals surface area contributed by atoms with E-state index >= 15 is 0 Å². The Hall–Kier alpha value is -2.54. The molecule has 4 N–H and O–H groups in total. The maximum absolute atomic E-state index is 12.2. The fourth-order valence-electron chi connectivity index (χ4n) is 1.72. The fraction of sp³-hybridized carbons (Fsp3) is 0.0714. The van der Waals surface area contributed by atoms with Crippen molar-refractivity contribution < 1.29 is 13.2 Å². The van der Waals surface area contributed by atoms with Crippen molar-refractivity contribution in [2.24, 2.45) is 0 Å². The summed E-state index contributed by atoms with van der Waals surface area (Å²) in [5, 5.41) is 2.47. The molecule has 21 heavy (non-hydrogen) atoms. The summed E-state index contributed by atoms with van der Waals surface area (Å²) in [5.41, 5.74) is 6.74. The lowest BCUT2D eigenvalue weighted by Gasteiger charge is -2.10. The zero-order valence-corrected chi connectivity index (χ0v) is 12.1. The predicted molar refractivity (Wildman–Crippen MR) is 81.5 cm³/mol. The van der Waals surface area contributed by atoms with Gasteiger partial charge in [-0.3, -0.25) is 9.52 Å². The van der Waals surface area contributed by atoms with E-state index in [4.69, 9.17) is 5.73 Å². The predicted octanol–water partition coefficient (Wildman–Crippen LogP) is 1.43. The molecular formula is C14H15N3O3S. The van der Waals surface area contributed by atoms with Crippen LogP contribution in [0.15, 0.2) is 53.4 Å². The third-order valence-corrected chi connectivity index (χ3v) is 4.24. The van der Waals surface area contributed by atoms with Gasteiger partial charge in [-0.05, 0) is 36.4 Å². The van der Waals surface area contributed by atoms with Crippen LogP contribution >= 0.6 is 0 Å². The molecule has 2 aromatic carbocycles. The summed E-state index contributed by atoms with van der Waals surface area (Å²) in [5.74, 6) is -0.279. The molecule has 0 aromatic heterocycles. The molecule has 0 spiro atoms. The van der Waals surface area contributed by atoms with Crippen LogP contribution in [0.5, 0.6) is 0 Å². The Morgan fingerprint density at radius 3 is 2.24 bits per heavy atom. The minimum Gasteiger partial charge on any atom is -0.397 e. The van der Waals surface area contributed by atoms with Crippen molar-refractivity contribution in [3.63, 3.8) is 0 Å². The van der Waals surface area contributed by atoms with Crippen LogP contribution < -0.4 is 15.8 Å². The highest BCUT2D eigenvalue weighted by Crippen LogP contribution is 2.21. The molecular weight excluding hydrogens is 290 g/mol. The monoisotopic (exact) mass is 305 g/mol. The number of para-hydroxylation sites is 2. The quantitative estimate of drug-likeness (QED) is 0.744. The van der Waals surface area contributed by atoms with E-state index < -0.39 is 10.0 Å². The van der Waals surface area contributed by atoms with Crippen molar-refractivity contribution in [1.82, 2.24) is 5.32 Å². The number of amides is 1. The second-order valence-corrected chi connectivity index (χ2v) is 5.98. The van der Waals surface area contributed by atoms with Gasteiger partial charge in [0.15, 0.2) is 0 Å². The summed E-state index contributed by atoms with van der Waals surface area (Å²) in [6, 6.07) is 12.2. The number of carbonyl (C=O) groups excluding carboxylic acids is 1. The number of hydrogen-bond donors (Lipinski definition) is 3. The van der Waals surface area contributed by atoms with Crippen LogP contribution in [0.1, 0.15) is 10.4 Å². The lowest BCUT2D eigenvalue weighted by molar-refractivity contribution is 0.0963. The van der Waals surface area contributed by atoms with Crippen LogP contribution in [0.2, 0.25) is 0 Å². The maximum Gasteiger partial charge on any atom is 0.261 e. The van der Waals surface area contributed by atoms with E-state index in [2.05, 4.69) is 10.0 Å². The second kappa shape index (κ2) is 5.84. The Morgan fingerprint density at radius 1 is 1.05 bits per heavy atom. The summed E-state index contributed by atoms with van der Waals surface area (Å²) < 4.78 is 26.9. The first-order chi connectivity index (χ1) is 9.94. The number of nitrogens with one attached hydrogen (secondary N) is 2. The number of anilines is 2. The minimum atomic E-state index is -3.75. The van der Waals surface area contributed by atoms with Crippen molar-refractivity contribution in [2.45, 2.75) is 4.90 Å². The molecule has 0 unspecified atom stereocenters. The lowest BCUT2D eigenvalue weighted by Crippen LogP contribution is -2.18. The molecule has 0 bridgehead atoms. The Balaban J connectivity index is 2.28. The molecule has 0 atom stereocenters. The maximum atomic E-state index is 12.2. The van der Waals surface area contributed by atoms with Gasteiger partial charge in [-0.25, -0.2) is 8.42 Å². The molecule has 110 valence electrons. The van der Waals surface area contributed by atoms with Crippen LogP contribution in [0.4, 0.5) is 11.4 Å². The number of carbonyl (C=O) groups is 1. The Labute approximate surface area is 123 Å². The summed E-state index contributed by atoms with van der Waals surface area (Å²) >= 11 is 0. The first kappa shape index (κ1) is 14.9. The van der Waals surface area contributed by atoms with Gasteiger partial charge in [0.2, 0.25) is 0 Å². The third-order valence-electron chi connectivity index (χ3n) is 2.86. The molecule has 1 amide bonds. The first-order valence-electron chi connectivity index (χ1n) is 6.13. The van der Waals surface area contributed by atoms with Crippen LogP contribution in [0.25, 0.3) is 0 Å². The molecule has 7 heteroatoms. The molecule has 0 aliphatic heterocycles. The standard InChI is InChI=1S/C14H15N3O3S/c1-16-14(18)10-6-8-11(9-7-10)21(19,20)17-13-5-3-2-4-12(13)15/h2-9,17H,15H2,1H3,(H,16,18). The van der Waals surface area contributed by atoms with Crippen LogP contribution in [-0.4, -0.2) is 21.4 Å². The molecule has 0 fully saturated rings. The highest BCUT2D eigenvalue weighted by Gasteiger charge is 2.15. The van der Waals surface area contributed by atoms with E-state index in [9.17, 15) is 13.2 Å². The Bertz CT molecular complexity index is 755. The molecule has 2 aromatic rings. The number of benzene rings is 2. The van der Waals surface area contributed by atoms with Crippen LogP contribution in [0, 0.1) is 0 Å². The smallest absolute Gasteiger partial charge is 0.261 e. The normalized spacial score (nSPS) is 10.9. The van der Waals surface area contributed by atoms with Crippen LogP contribution in [0.3, 0.4) is 0 Å². The average Bonchev–Trinajstić information content (AvgIpc) is 2.49. The molecule has 0 radical (unpaired) electrons. The van der Waals surface area contributed by atoms with Gasteiger partial charge in [-0.15, -0.1) is 0 Å². The summed E-state index contributed by atoms with van der Waals surface area (Å²) in [7, 11) is -2.24. The van der Waals surface area contributed by atoms with Gasteiger partial charge < -0.3 is 11.1 Å². The van der Waals surface area contributed by atoms with E-state index in [0.717, 1.165) is 0 Å². The molecule has 0 heterocycles. The highest BCUT2D eigenvalue weighted by atomic mass is 32.2. The molecule has 0 saturated heterocycles. The molecule has 0 aliphatic carbocycles. The van der Waals surface area contributed by atoms with Crippen molar-refractivity contribution in [1.29, 1.82) is 0 Å². The van der Waals surface area contributed by atoms with Gasteiger partial charge in [-0.1, -0.05) is 12.1 Å². The van der Waals surface area contributed by atoms with E-state index in [1.165, 1.54) is 31.3 Å². The number of hydrogen-bond acceptors (Lipinski definition) is 4. The number of rotatable bonds is 4. The van der Waals surface area contributed by atoms with Crippen molar-refractivity contribution in [3.8, 4) is 0 Å². The molecule has 0 aliphatic rings. The number of nitrogens with two attached hydrogens (primary N) is 1. The molecule has 0 saturated carbocycles. The fourth-order valence-corrected chi connectivity index (χ4v) is 2.81. The highest BCUT2D eigenvalue weighted by molar-refractivity contribution is 7.92. The average molecular weight is 305 g/mol. The summed E-state index contributed by atoms with van der Waals surface area (Å²) in [6.07, 6.45) is 0. The SMILES string of the molecule is CNC(=O)c1ccc(S(=O)(=O)Nc2ccccc2N)cc1. The summed E-state index contributed by atoms with van der Waals surface area (Å²) in [4.78, 5) is 11.5. The van der Waals surface area contributed by atoms with Gasteiger partial charge in [0.25, 0.3) is 15.9 Å². The van der Waals surface area contributed by atoms with E-state index in [-0.39, 0.29) is 10.8 Å². The van der Waals surface area contributed by atoms with Gasteiger partial charge in [0.1, 0.15) is 0 Å². The van der Waals surface area contributed by atoms with E-state index in [1.807, 2.05) is 0 Å². The Kier molecular flexibility index (Phi) is 4.13. The van der Waals surface area contributed by atoms with E-state index in [1.54, 1.807) is 24.3 Å². The molecule has 2 rings (SSSR count). The van der Waals surface area contributed by atoms with Crippen LogP contribution in [-0.2, 0) is 10.0 Å². The van der Waals surface area contributed by atoms with Crippen molar-refractivity contribution in [3.05, 3.63) is 54.1 Å². The van der Waals surface area contributed by atoms with Crippen molar-refractivity contribution in [2.75, 3.05) is 17.5 Å². The largest absolute Gasteiger partial charge is 0.397 e. The van der Waals surface area contributed by atoms with Crippen molar-refractivity contribution >= 4 is 27.3 Å². The van der Waals surface area contributed by atoms with Gasteiger partial charge in [0.05, 0.1) is 16.3 Å². The van der Waals surface area contributed by atoms with Gasteiger partial charge in [0, 0.05) is 12.6 Å². The molecule has 6 nitrogen and oxygen atoms in total.